The molecule has 1 saturated carbocycles. The molecule has 1 N–H and O–H groups in total. The number of thiophene rings is 1. The van der Waals surface area contributed by atoms with Gasteiger partial charge in [0, 0.05) is 20.8 Å². The van der Waals surface area contributed by atoms with Gasteiger partial charge in [-0.05, 0) is 59.6 Å². The summed E-state index contributed by atoms with van der Waals surface area (Å²) >= 11 is 5.38. The zero-order valence-corrected chi connectivity index (χ0v) is 12.5. The van der Waals surface area contributed by atoms with E-state index >= 15 is 0 Å². The Balaban J connectivity index is 1.76. The summed E-state index contributed by atoms with van der Waals surface area (Å²) in [4.78, 5) is 1.49. The van der Waals surface area contributed by atoms with E-state index in [1.54, 1.807) is 0 Å². The molecule has 0 radical (unpaired) electrons. The number of hydrogen-bond acceptors (Lipinski definition) is 2. The molecule has 0 bridgehead atoms. The van der Waals surface area contributed by atoms with E-state index in [9.17, 15) is 0 Å². The van der Waals surface area contributed by atoms with Crippen molar-refractivity contribution < 1.29 is 0 Å². The fourth-order valence-electron chi connectivity index (χ4n) is 1.91. The first kappa shape index (κ1) is 12.6. The molecule has 1 nitrogen and oxygen atoms in total. The summed E-state index contributed by atoms with van der Waals surface area (Å²) in [6, 6.07) is 3.09. The molecule has 0 atom stereocenters. The molecule has 0 spiro atoms. The number of hydrogen-bond donors (Lipinski definition) is 1. The van der Waals surface area contributed by atoms with E-state index in [-0.39, 0.29) is 0 Å². The van der Waals surface area contributed by atoms with E-state index in [0.29, 0.717) is 5.41 Å². The fraction of sp³-hybridized carbons (Fsp3) is 0.692. The first-order valence-corrected chi connectivity index (χ1v) is 7.69. The monoisotopic (exact) mass is 301 g/mol. The van der Waals surface area contributed by atoms with Crippen LogP contribution in [-0.4, -0.2) is 12.6 Å². The molecule has 3 heteroatoms. The quantitative estimate of drug-likeness (QED) is 0.829. The van der Waals surface area contributed by atoms with Crippen LogP contribution in [0.4, 0.5) is 0 Å². The second-order valence-corrected chi connectivity index (χ2v) is 7.46. The minimum Gasteiger partial charge on any atom is -0.314 e. The van der Waals surface area contributed by atoms with Crippen LogP contribution in [0.25, 0.3) is 0 Å². The van der Waals surface area contributed by atoms with Gasteiger partial charge in [-0.2, -0.15) is 0 Å². The summed E-state index contributed by atoms with van der Waals surface area (Å²) in [5.41, 5.74) is 0.409. The summed E-state index contributed by atoms with van der Waals surface area (Å²) < 4.78 is 1.22. The molecule has 0 aliphatic heterocycles. The minimum atomic E-state index is 0.409. The summed E-state index contributed by atoms with van der Waals surface area (Å²) in [6.07, 6.45) is 5.23. The molecule has 1 aromatic rings. The maximum Gasteiger partial charge on any atom is 0.0285 e. The Bertz CT molecular complexity index is 341. The molecule has 2 rings (SSSR count). The van der Waals surface area contributed by atoms with Gasteiger partial charge in [0.2, 0.25) is 0 Å². The molecule has 0 saturated heterocycles. The van der Waals surface area contributed by atoms with E-state index in [1.807, 2.05) is 11.3 Å². The summed E-state index contributed by atoms with van der Waals surface area (Å²) in [6.45, 7) is 5.91. The van der Waals surface area contributed by atoms with Gasteiger partial charge in [-0.25, -0.2) is 0 Å². The van der Waals surface area contributed by atoms with Crippen molar-refractivity contribution in [1.29, 1.82) is 0 Å². The molecule has 1 aromatic heterocycles. The smallest absolute Gasteiger partial charge is 0.0285 e. The normalized spacial score (nSPS) is 16.7. The predicted octanol–water partition coefficient (Wildman–Crippen LogP) is 4.22. The minimum absolute atomic E-state index is 0.409. The van der Waals surface area contributed by atoms with Gasteiger partial charge < -0.3 is 5.32 Å². The highest BCUT2D eigenvalue weighted by Gasteiger charge is 2.23. The van der Waals surface area contributed by atoms with Crippen molar-refractivity contribution in [2.24, 2.45) is 5.41 Å². The van der Waals surface area contributed by atoms with Crippen LogP contribution in [0.15, 0.2) is 15.9 Å². The van der Waals surface area contributed by atoms with Gasteiger partial charge in [-0.3, -0.25) is 0 Å². The van der Waals surface area contributed by atoms with Crippen LogP contribution in [0, 0.1) is 5.41 Å². The highest BCUT2D eigenvalue weighted by atomic mass is 79.9. The van der Waals surface area contributed by atoms with Crippen LogP contribution in [0.2, 0.25) is 0 Å². The second kappa shape index (κ2) is 5.19. The van der Waals surface area contributed by atoms with E-state index in [4.69, 9.17) is 0 Å². The largest absolute Gasteiger partial charge is 0.314 e. The average Bonchev–Trinajstić information content (AvgIpc) is 2.90. The van der Waals surface area contributed by atoms with Gasteiger partial charge in [-0.15, -0.1) is 11.3 Å². The highest BCUT2D eigenvalue weighted by Crippen LogP contribution is 2.30. The van der Waals surface area contributed by atoms with Crippen LogP contribution < -0.4 is 5.32 Å². The van der Waals surface area contributed by atoms with E-state index in [1.165, 1.54) is 41.6 Å². The van der Waals surface area contributed by atoms with Crippen molar-refractivity contribution in [3.8, 4) is 0 Å². The highest BCUT2D eigenvalue weighted by molar-refractivity contribution is 9.10. The Hall–Kier alpha value is 0.140. The van der Waals surface area contributed by atoms with Gasteiger partial charge in [0.15, 0.2) is 0 Å². The van der Waals surface area contributed by atoms with Crippen LogP contribution in [0.5, 0.6) is 0 Å². The van der Waals surface area contributed by atoms with Crippen molar-refractivity contribution in [3.63, 3.8) is 0 Å². The molecule has 1 aliphatic rings. The average molecular weight is 302 g/mol. The zero-order chi connectivity index (χ0) is 11.6. The van der Waals surface area contributed by atoms with Crippen molar-refractivity contribution >= 4 is 27.3 Å². The van der Waals surface area contributed by atoms with Gasteiger partial charge in [-0.1, -0.05) is 13.8 Å². The molecule has 16 heavy (non-hydrogen) atoms. The third-order valence-electron chi connectivity index (χ3n) is 3.09. The second-order valence-electron chi connectivity index (χ2n) is 5.55. The van der Waals surface area contributed by atoms with E-state index in [0.717, 1.165) is 6.04 Å². The lowest BCUT2D eigenvalue weighted by molar-refractivity contribution is 0.327. The lowest BCUT2D eigenvalue weighted by Crippen LogP contribution is -2.25. The fourth-order valence-corrected chi connectivity index (χ4v) is 3.62. The first-order chi connectivity index (χ1) is 7.55. The lowest BCUT2D eigenvalue weighted by atomic mass is 9.85. The third kappa shape index (κ3) is 4.19. The summed E-state index contributed by atoms with van der Waals surface area (Å²) in [5, 5.41) is 5.77. The van der Waals surface area contributed by atoms with Crippen molar-refractivity contribution in [2.75, 3.05) is 6.54 Å². The Morgan fingerprint density at radius 3 is 2.81 bits per heavy atom. The molecular formula is C13H20BrNS. The maximum absolute atomic E-state index is 3.60. The topological polar surface area (TPSA) is 12.0 Å². The number of nitrogens with one attached hydrogen (secondary N) is 1. The SMILES string of the molecule is CC(C)(CCNC1CC1)Cc1cc(Br)cs1. The lowest BCUT2D eigenvalue weighted by Gasteiger charge is -2.24. The van der Waals surface area contributed by atoms with Crippen LogP contribution in [-0.2, 0) is 6.42 Å². The Morgan fingerprint density at radius 2 is 2.25 bits per heavy atom. The molecule has 1 aliphatic carbocycles. The number of rotatable bonds is 6. The number of halogens is 1. The predicted molar refractivity (Wildman–Crippen MR) is 75.1 cm³/mol. The molecule has 1 fully saturated rings. The Labute approximate surface area is 111 Å². The first-order valence-electron chi connectivity index (χ1n) is 6.01. The van der Waals surface area contributed by atoms with Crippen LogP contribution in [0.3, 0.4) is 0 Å². The molecule has 90 valence electrons. The third-order valence-corrected chi connectivity index (χ3v) is 4.78. The van der Waals surface area contributed by atoms with Crippen molar-refractivity contribution in [1.82, 2.24) is 5.32 Å². The van der Waals surface area contributed by atoms with Gasteiger partial charge >= 0.3 is 0 Å². The molecule has 0 aromatic carbocycles. The van der Waals surface area contributed by atoms with E-state index < -0.39 is 0 Å². The molecule has 1 heterocycles. The zero-order valence-electron chi connectivity index (χ0n) is 10.1. The maximum atomic E-state index is 3.60. The van der Waals surface area contributed by atoms with Gasteiger partial charge in [0.25, 0.3) is 0 Å². The van der Waals surface area contributed by atoms with Crippen LogP contribution in [0.1, 0.15) is 38.0 Å². The van der Waals surface area contributed by atoms with Crippen molar-refractivity contribution in [2.45, 2.75) is 45.6 Å². The van der Waals surface area contributed by atoms with Gasteiger partial charge in [0.05, 0.1) is 0 Å². The van der Waals surface area contributed by atoms with E-state index in [2.05, 4.69) is 46.5 Å². The summed E-state index contributed by atoms with van der Waals surface area (Å²) in [5.74, 6) is 0. The van der Waals surface area contributed by atoms with Crippen molar-refractivity contribution in [3.05, 3.63) is 20.8 Å². The molecular weight excluding hydrogens is 282 g/mol. The summed E-state index contributed by atoms with van der Waals surface area (Å²) in [7, 11) is 0. The Morgan fingerprint density at radius 1 is 1.50 bits per heavy atom. The molecule has 0 unspecified atom stereocenters. The van der Waals surface area contributed by atoms with Gasteiger partial charge in [0.1, 0.15) is 0 Å². The van der Waals surface area contributed by atoms with Crippen LogP contribution >= 0.6 is 27.3 Å². The standard InChI is InChI=1S/C13H20BrNS/c1-13(2,5-6-15-11-3-4-11)8-12-7-10(14)9-16-12/h7,9,11,15H,3-6,8H2,1-2H3. The Kier molecular flexibility index (Phi) is 4.09. The molecule has 0 amide bonds.